The maximum atomic E-state index is 10.5. The van der Waals surface area contributed by atoms with E-state index in [1.54, 1.807) is 18.2 Å². The quantitative estimate of drug-likeness (QED) is 0.385. The van der Waals surface area contributed by atoms with Crippen molar-refractivity contribution >= 4 is 11.7 Å². The first kappa shape index (κ1) is 9.91. The van der Waals surface area contributed by atoms with Gasteiger partial charge in [-0.3, -0.25) is 10.1 Å². The molecule has 0 aromatic heterocycles. The Morgan fingerprint density at radius 1 is 1.29 bits per heavy atom. The maximum Gasteiger partial charge on any atom is 0.278 e. The fraction of sp³-hybridized carbons (Fsp3) is 0. The monoisotopic (exact) mass is 192 g/mol. The minimum absolute atomic E-state index is 0.238. The van der Waals surface area contributed by atoms with Crippen LogP contribution in [-0.2, 0) is 4.79 Å². The highest BCUT2D eigenvalue weighted by atomic mass is 16.6. The van der Waals surface area contributed by atoms with Crippen LogP contribution < -0.4 is 5.11 Å². The van der Waals surface area contributed by atoms with Gasteiger partial charge in [-0.2, -0.15) is 0 Å². The SMILES string of the molecule is O=C([O-])/C=C(/c1ccccc1)[N+](=O)[O-]. The topological polar surface area (TPSA) is 83.3 Å². The standard InChI is InChI=1S/C9H7NO4/c11-9(12)6-8(10(13)14)7-4-2-1-3-5-7/h1-6H,(H,11,12)/p-1/b8-6-. The Morgan fingerprint density at radius 3 is 2.29 bits per heavy atom. The Morgan fingerprint density at radius 2 is 1.86 bits per heavy atom. The zero-order valence-electron chi connectivity index (χ0n) is 7.04. The molecule has 1 rings (SSSR count). The summed E-state index contributed by atoms with van der Waals surface area (Å²) in [6.45, 7) is 0. The number of carbonyl (C=O) groups excluding carboxylic acids is 1. The minimum Gasteiger partial charge on any atom is -0.545 e. The second kappa shape index (κ2) is 4.18. The lowest BCUT2D eigenvalue weighted by molar-refractivity contribution is -0.376. The van der Waals surface area contributed by atoms with Gasteiger partial charge in [-0.25, -0.2) is 0 Å². The normalized spacial score (nSPS) is 11.0. The third-order valence-electron chi connectivity index (χ3n) is 1.52. The van der Waals surface area contributed by atoms with E-state index in [4.69, 9.17) is 0 Å². The van der Waals surface area contributed by atoms with Crippen molar-refractivity contribution in [3.8, 4) is 0 Å². The molecule has 0 spiro atoms. The van der Waals surface area contributed by atoms with E-state index in [-0.39, 0.29) is 5.56 Å². The van der Waals surface area contributed by atoms with E-state index in [0.29, 0.717) is 6.08 Å². The predicted molar refractivity (Wildman–Crippen MR) is 46.4 cm³/mol. The van der Waals surface area contributed by atoms with Crippen molar-refractivity contribution in [1.82, 2.24) is 0 Å². The molecule has 0 radical (unpaired) electrons. The van der Waals surface area contributed by atoms with Gasteiger partial charge in [0.2, 0.25) is 0 Å². The van der Waals surface area contributed by atoms with Crippen LogP contribution in [-0.4, -0.2) is 10.9 Å². The van der Waals surface area contributed by atoms with E-state index in [0.717, 1.165) is 0 Å². The van der Waals surface area contributed by atoms with Crippen LogP contribution in [0, 0.1) is 10.1 Å². The zero-order valence-corrected chi connectivity index (χ0v) is 7.04. The molecule has 1 aromatic rings. The molecule has 0 saturated heterocycles. The van der Waals surface area contributed by atoms with Crippen LogP contribution in [0.5, 0.6) is 0 Å². The fourth-order valence-corrected chi connectivity index (χ4v) is 0.962. The summed E-state index contributed by atoms with van der Waals surface area (Å²) in [6, 6.07) is 7.76. The van der Waals surface area contributed by atoms with Crippen LogP contribution in [0.4, 0.5) is 0 Å². The van der Waals surface area contributed by atoms with Gasteiger partial charge >= 0.3 is 0 Å². The van der Waals surface area contributed by atoms with Gasteiger partial charge in [-0.05, 0) is 12.1 Å². The van der Waals surface area contributed by atoms with E-state index >= 15 is 0 Å². The smallest absolute Gasteiger partial charge is 0.278 e. The Balaban J connectivity index is 3.14. The summed E-state index contributed by atoms with van der Waals surface area (Å²) in [7, 11) is 0. The van der Waals surface area contributed by atoms with E-state index < -0.39 is 16.6 Å². The van der Waals surface area contributed by atoms with E-state index in [1.165, 1.54) is 12.1 Å². The molecule has 0 N–H and O–H groups in total. The van der Waals surface area contributed by atoms with Crippen molar-refractivity contribution < 1.29 is 14.8 Å². The first-order valence-electron chi connectivity index (χ1n) is 3.74. The van der Waals surface area contributed by atoms with Crippen molar-refractivity contribution in [2.45, 2.75) is 0 Å². The molecular weight excluding hydrogens is 186 g/mol. The zero-order chi connectivity index (χ0) is 10.6. The lowest BCUT2D eigenvalue weighted by atomic mass is 10.1. The Hall–Kier alpha value is -2.17. The highest BCUT2D eigenvalue weighted by Crippen LogP contribution is 2.13. The molecular formula is C9H6NO4-. The van der Waals surface area contributed by atoms with Crippen LogP contribution in [0.2, 0.25) is 0 Å². The summed E-state index contributed by atoms with van der Waals surface area (Å²) >= 11 is 0. The van der Waals surface area contributed by atoms with Gasteiger partial charge in [0.15, 0.2) is 0 Å². The maximum absolute atomic E-state index is 10.5. The second-order valence-corrected chi connectivity index (χ2v) is 2.47. The van der Waals surface area contributed by atoms with Crippen LogP contribution in [0.25, 0.3) is 5.70 Å². The minimum atomic E-state index is -1.58. The number of carboxylic acids is 1. The molecule has 5 nitrogen and oxygen atoms in total. The summed E-state index contributed by atoms with van der Waals surface area (Å²) in [6.07, 6.45) is 0.468. The van der Waals surface area contributed by atoms with Gasteiger partial charge in [0.25, 0.3) is 5.70 Å². The molecule has 0 unspecified atom stereocenters. The number of nitrogens with zero attached hydrogens (tertiary/aromatic N) is 1. The Bertz CT molecular complexity index is 383. The van der Waals surface area contributed by atoms with Crippen molar-refractivity contribution in [2.24, 2.45) is 0 Å². The van der Waals surface area contributed by atoms with Crippen molar-refractivity contribution in [1.29, 1.82) is 0 Å². The second-order valence-electron chi connectivity index (χ2n) is 2.47. The molecule has 14 heavy (non-hydrogen) atoms. The van der Waals surface area contributed by atoms with Crippen LogP contribution >= 0.6 is 0 Å². The molecule has 0 amide bonds. The number of benzene rings is 1. The van der Waals surface area contributed by atoms with Crippen molar-refractivity contribution in [3.05, 3.63) is 52.1 Å². The molecule has 72 valence electrons. The average Bonchev–Trinajstić information content (AvgIpc) is 2.15. The van der Waals surface area contributed by atoms with Gasteiger partial charge in [-0.1, -0.05) is 18.2 Å². The first-order valence-corrected chi connectivity index (χ1v) is 3.74. The number of rotatable bonds is 3. The Kier molecular flexibility index (Phi) is 2.96. The highest BCUT2D eigenvalue weighted by molar-refractivity contribution is 5.86. The van der Waals surface area contributed by atoms with Crippen LogP contribution in [0.15, 0.2) is 36.4 Å². The third kappa shape index (κ3) is 2.41. The lowest BCUT2D eigenvalue weighted by Gasteiger charge is -1.98. The summed E-state index contributed by atoms with van der Waals surface area (Å²) < 4.78 is 0. The summed E-state index contributed by atoms with van der Waals surface area (Å²) in [5.74, 6) is -1.58. The number of carboxylic acid groups (broad SMARTS) is 1. The lowest BCUT2D eigenvalue weighted by Crippen LogP contribution is -2.20. The molecule has 0 fully saturated rings. The van der Waals surface area contributed by atoms with Gasteiger partial charge in [0.05, 0.1) is 16.5 Å². The van der Waals surface area contributed by atoms with E-state index in [2.05, 4.69) is 0 Å². The van der Waals surface area contributed by atoms with Crippen molar-refractivity contribution in [2.75, 3.05) is 0 Å². The van der Waals surface area contributed by atoms with Crippen LogP contribution in [0.1, 0.15) is 5.56 Å². The Labute approximate surface area is 79.4 Å². The molecule has 0 bridgehead atoms. The summed E-state index contributed by atoms with van der Waals surface area (Å²) in [4.78, 5) is 19.9. The number of hydrogen-bond acceptors (Lipinski definition) is 4. The van der Waals surface area contributed by atoms with E-state index in [9.17, 15) is 20.0 Å². The first-order chi connectivity index (χ1) is 6.61. The third-order valence-corrected chi connectivity index (χ3v) is 1.52. The molecule has 0 aliphatic carbocycles. The number of carbonyl (C=O) groups is 1. The molecule has 0 saturated carbocycles. The van der Waals surface area contributed by atoms with Gasteiger partial charge < -0.3 is 9.90 Å². The number of hydrogen-bond donors (Lipinski definition) is 0. The predicted octanol–water partition coefficient (Wildman–Crippen LogP) is 0.0541. The van der Waals surface area contributed by atoms with Gasteiger partial charge in [0, 0.05) is 6.08 Å². The number of aliphatic carboxylic acids is 1. The molecule has 0 aliphatic heterocycles. The number of nitro groups is 1. The molecule has 0 heterocycles. The fourth-order valence-electron chi connectivity index (χ4n) is 0.962. The van der Waals surface area contributed by atoms with Crippen LogP contribution in [0.3, 0.4) is 0 Å². The molecule has 0 atom stereocenters. The largest absolute Gasteiger partial charge is 0.545 e. The van der Waals surface area contributed by atoms with Gasteiger partial charge in [-0.15, -0.1) is 0 Å². The van der Waals surface area contributed by atoms with Gasteiger partial charge in [0.1, 0.15) is 0 Å². The summed E-state index contributed by atoms with van der Waals surface area (Å²) in [5, 5.41) is 20.7. The summed E-state index contributed by atoms with van der Waals surface area (Å²) in [5.41, 5.74) is -0.243. The highest BCUT2D eigenvalue weighted by Gasteiger charge is 2.12. The van der Waals surface area contributed by atoms with Crippen molar-refractivity contribution in [3.63, 3.8) is 0 Å². The average molecular weight is 192 g/mol. The molecule has 1 aromatic carbocycles. The molecule has 5 heteroatoms. The molecule has 0 aliphatic rings. The van der Waals surface area contributed by atoms with E-state index in [1.807, 2.05) is 0 Å².